The van der Waals surface area contributed by atoms with Gasteiger partial charge in [0.15, 0.2) is 5.82 Å². The molecule has 0 bridgehead atoms. The van der Waals surface area contributed by atoms with Crippen molar-refractivity contribution in [1.29, 1.82) is 0 Å². The van der Waals surface area contributed by atoms with Crippen LogP contribution in [0.1, 0.15) is 36.4 Å². The number of furan rings is 1. The quantitative estimate of drug-likeness (QED) is 0.770. The van der Waals surface area contributed by atoms with Gasteiger partial charge < -0.3 is 14.7 Å². The van der Waals surface area contributed by atoms with Crippen molar-refractivity contribution in [2.24, 2.45) is 5.73 Å². The lowest BCUT2D eigenvalue weighted by Crippen LogP contribution is -2.36. The Kier molecular flexibility index (Phi) is 3.63. The molecule has 0 spiro atoms. The third-order valence-electron chi connectivity index (χ3n) is 4.77. The number of nitrogens with two attached hydrogens (primary N) is 1. The molecule has 1 aliphatic rings. The number of amides is 1. The van der Waals surface area contributed by atoms with Gasteiger partial charge in [-0.3, -0.25) is 4.79 Å². The van der Waals surface area contributed by atoms with Crippen molar-refractivity contribution in [1.82, 2.24) is 10.1 Å². The molecule has 0 atom stereocenters. The summed E-state index contributed by atoms with van der Waals surface area (Å²) in [6, 6.07) is 8.08. The van der Waals surface area contributed by atoms with Gasteiger partial charge in [-0.2, -0.15) is 4.98 Å². The molecule has 1 aliphatic carbocycles. The van der Waals surface area contributed by atoms with E-state index in [1.165, 1.54) is 18.4 Å². The molecule has 0 saturated heterocycles. The van der Waals surface area contributed by atoms with Crippen LogP contribution in [0.3, 0.4) is 0 Å². The molecule has 4 rings (SSSR count). The van der Waals surface area contributed by atoms with Gasteiger partial charge >= 0.3 is 0 Å². The fourth-order valence-electron chi connectivity index (χ4n) is 3.29. The predicted molar refractivity (Wildman–Crippen MR) is 85.9 cm³/mol. The van der Waals surface area contributed by atoms with Crippen molar-refractivity contribution in [3.05, 3.63) is 59.6 Å². The minimum atomic E-state index is -0.502. The molecule has 3 aromatic rings. The van der Waals surface area contributed by atoms with Crippen LogP contribution in [0.4, 0.5) is 4.39 Å². The van der Waals surface area contributed by atoms with E-state index in [2.05, 4.69) is 10.1 Å². The Morgan fingerprint density at radius 2 is 2.00 bits per heavy atom. The molecule has 128 valence electrons. The van der Waals surface area contributed by atoms with Crippen LogP contribution in [0.5, 0.6) is 0 Å². The van der Waals surface area contributed by atoms with E-state index in [4.69, 9.17) is 14.7 Å². The maximum absolute atomic E-state index is 13.2. The topological polar surface area (TPSA) is 95.2 Å². The first-order valence-corrected chi connectivity index (χ1v) is 8.04. The molecule has 2 N–H and O–H groups in total. The molecule has 0 aliphatic heterocycles. The van der Waals surface area contributed by atoms with Gasteiger partial charge in [0.25, 0.3) is 5.89 Å². The molecule has 2 heterocycles. The second-order valence-electron chi connectivity index (χ2n) is 6.27. The Balaban J connectivity index is 1.70. The molecule has 0 radical (unpaired) electrons. The molecule has 1 fully saturated rings. The van der Waals surface area contributed by atoms with Crippen molar-refractivity contribution in [3.8, 4) is 11.5 Å². The Morgan fingerprint density at radius 3 is 2.64 bits per heavy atom. The van der Waals surface area contributed by atoms with E-state index in [0.29, 0.717) is 17.1 Å². The SMILES string of the molecule is NC(=O)Cc1occc1-c1nc(C2(c3ccc(F)cc3)CCC2)no1. The second-order valence-corrected chi connectivity index (χ2v) is 6.27. The molecule has 1 saturated carbocycles. The summed E-state index contributed by atoms with van der Waals surface area (Å²) >= 11 is 0. The first kappa shape index (κ1) is 15.6. The smallest absolute Gasteiger partial charge is 0.261 e. The first-order chi connectivity index (χ1) is 12.1. The van der Waals surface area contributed by atoms with Crippen LogP contribution in [-0.2, 0) is 16.6 Å². The highest BCUT2D eigenvalue weighted by atomic mass is 19.1. The van der Waals surface area contributed by atoms with Gasteiger partial charge in [-0.1, -0.05) is 23.7 Å². The minimum Gasteiger partial charge on any atom is -0.468 e. The number of halogens is 1. The third kappa shape index (κ3) is 2.61. The van der Waals surface area contributed by atoms with Crippen LogP contribution < -0.4 is 5.73 Å². The summed E-state index contributed by atoms with van der Waals surface area (Å²) in [5, 5.41) is 4.15. The van der Waals surface area contributed by atoms with Crippen LogP contribution in [0, 0.1) is 5.82 Å². The molecule has 6 nitrogen and oxygen atoms in total. The first-order valence-electron chi connectivity index (χ1n) is 8.04. The lowest BCUT2D eigenvalue weighted by Gasteiger charge is -2.39. The Labute approximate surface area is 142 Å². The summed E-state index contributed by atoms with van der Waals surface area (Å²) in [5.74, 6) is 0.464. The van der Waals surface area contributed by atoms with Gasteiger partial charge in [0.1, 0.15) is 11.6 Å². The van der Waals surface area contributed by atoms with Crippen LogP contribution in [0.15, 0.2) is 45.5 Å². The van der Waals surface area contributed by atoms with Crippen LogP contribution in [0.25, 0.3) is 11.5 Å². The highest BCUT2D eigenvalue weighted by Gasteiger charge is 2.44. The Morgan fingerprint density at radius 1 is 1.24 bits per heavy atom. The maximum atomic E-state index is 13.2. The van der Waals surface area contributed by atoms with Crippen molar-refractivity contribution < 1.29 is 18.1 Å². The van der Waals surface area contributed by atoms with E-state index in [1.807, 2.05) is 0 Å². The van der Waals surface area contributed by atoms with Crippen molar-refractivity contribution in [3.63, 3.8) is 0 Å². The fourth-order valence-corrected chi connectivity index (χ4v) is 3.29. The van der Waals surface area contributed by atoms with Crippen molar-refractivity contribution in [2.75, 3.05) is 0 Å². The summed E-state index contributed by atoms with van der Waals surface area (Å²) in [5.41, 5.74) is 6.40. The minimum absolute atomic E-state index is 0.0385. The number of nitrogens with zero attached hydrogens (tertiary/aromatic N) is 2. The highest BCUT2D eigenvalue weighted by Crippen LogP contribution is 2.48. The van der Waals surface area contributed by atoms with Gasteiger partial charge in [-0.25, -0.2) is 4.39 Å². The zero-order valence-corrected chi connectivity index (χ0v) is 13.4. The van der Waals surface area contributed by atoms with Gasteiger partial charge in [-0.15, -0.1) is 0 Å². The lowest BCUT2D eigenvalue weighted by molar-refractivity contribution is -0.117. The Hall–Kier alpha value is -2.96. The summed E-state index contributed by atoms with van der Waals surface area (Å²) in [6.45, 7) is 0. The predicted octanol–water partition coefficient (Wildman–Crippen LogP) is 2.97. The number of benzene rings is 1. The summed E-state index contributed by atoms with van der Waals surface area (Å²) < 4.78 is 23.9. The number of aromatic nitrogens is 2. The van der Waals surface area contributed by atoms with E-state index in [0.717, 1.165) is 24.8 Å². The number of primary amides is 1. The average molecular weight is 341 g/mol. The van der Waals surface area contributed by atoms with Gasteiger partial charge in [-0.05, 0) is 36.6 Å². The number of hydrogen-bond acceptors (Lipinski definition) is 5. The van der Waals surface area contributed by atoms with E-state index in [1.54, 1.807) is 18.2 Å². The van der Waals surface area contributed by atoms with E-state index < -0.39 is 5.91 Å². The van der Waals surface area contributed by atoms with Crippen LogP contribution >= 0.6 is 0 Å². The number of carbonyl (C=O) groups is 1. The van der Waals surface area contributed by atoms with E-state index in [9.17, 15) is 9.18 Å². The number of hydrogen-bond donors (Lipinski definition) is 1. The average Bonchev–Trinajstić information content (AvgIpc) is 3.17. The zero-order chi connectivity index (χ0) is 17.4. The Bertz CT molecular complexity index is 910. The monoisotopic (exact) mass is 341 g/mol. The molecule has 7 heteroatoms. The zero-order valence-electron chi connectivity index (χ0n) is 13.4. The van der Waals surface area contributed by atoms with Gasteiger partial charge in [0, 0.05) is 0 Å². The van der Waals surface area contributed by atoms with Crippen molar-refractivity contribution in [2.45, 2.75) is 31.1 Å². The molecular weight excluding hydrogens is 325 g/mol. The van der Waals surface area contributed by atoms with Crippen LogP contribution in [-0.4, -0.2) is 16.0 Å². The van der Waals surface area contributed by atoms with E-state index >= 15 is 0 Å². The molecule has 1 aromatic carbocycles. The third-order valence-corrected chi connectivity index (χ3v) is 4.77. The molecule has 1 amide bonds. The summed E-state index contributed by atoms with van der Waals surface area (Å²) in [4.78, 5) is 15.7. The molecular formula is C18H16FN3O3. The molecule has 0 unspecified atom stereocenters. The van der Waals surface area contributed by atoms with Gasteiger partial charge in [0.2, 0.25) is 5.91 Å². The number of carbonyl (C=O) groups excluding carboxylic acids is 1. The highest BCUT2D eigenvalue weighted by molar-refractivity contribution is 5.78. The normalized spacial score (nSPS) is 15.7. The summed E-state index contributed by atoms with van der Waals surface area (Å²) in [7, 11) is 0. The molecule has 2 aromatic heterocycles. The lowest BCUT2D eigenvalue weighted by atomic mass is 9.64. The largest absolute Gasteiger partial charge is 0.468 e. The van der Waals surface area contributed by atoms with Crippen LogP contribution in [0.2, 0.25) is 0 Å². The van der Waals surface area contributed by atoms with Gasteiger partial charge in [0.05, 0.1) is 23.7 Å². The van der Waals surface area contributed by atoms with Crippen molar-refractivity contribution >= 4 is 5.91 Å². The summed E-state index contributed by atoms with van der Waals surface area (Å²) in [6.07, 6.45) is 4.20. The van der Waals surface area contributed by atoms with E-state index in [-0.39, 0.29) is 23.5 Å². The second kappa shape index (κ2) is 5.84. The standard InChI is InChI=1S/C18H16FN3O3/c19-12-4-2-11(3-5-12)18(7-1-8-18)17-21-16(25-22-17)13-6-9-24-14(13)10-15(20)23/h2-6,9H,1,7-8,10H2,(H2,20,23). The number of rotatable bonds is 5. The fraction of sp³-hybridized carbons (Fsp3) is 0.278. The maximum Gasteiger partial charge on any atom is 0.261 e. The molecule has 25 heavy (non-hydrogen) atoms.